The molecular weight excluding hydrogens is 483 g/mol. The fourth-order valence-electron chi connectivity index (χ4n) is 3.47. The second kappa shape index (κ2) is 10.2. The Morgan fingerprint density at radius 3 is 2.53 bits per heavy atom. The molecular formula is C20H21ClF3N5O5. The Morgan fingerprint density at radius 1 is 1.26 bits per heavy atom. The van der Waals surface area contributed by atoms with Gasteiger partial charge in [0.1, 0.15) is 6.10 Å². The molecule has 2 amide bonds. The van der Waals surface area contributed by atoms with Gasteiger partial charge in [0, 0.05) is 37.6 Å². The number of carbonyl (C=O) groups is 2. The van der Waals surface area contributed by atoms with Crippen molar-refractivity contribution >= 4 is 35.0 Å². The average molecular weight is 504 g/mol. The third-order valence-electron chi connectivity index (χ3n) is 5.09. The van der Waals surface area contributed by atoms with Gasteiger partial charge in [-0.2, -0.15) is 13.2 Å². The summed E-state index contributed by atoms with van der Waals surface area (Å²) in [6.07, 6.45) is -4.35. The third-order valence-corrected chi connectivity index (χ3v) is 5.38. The predicted octanol–water partition coefficient (Wildman–Crippen LogP) is 3.51. The van der Waals surface area contributed by atoms with Crippen LogP contribution in [-0.4, -0.2) is 59.6 Å². The van der Waals surface area contributed by atoms with Gasteiger partial charge in [-0.1, -0.05) is 18.5 Å². The molecule has 0 radical (unpaired) electrons. The number of nitrogens with one attached hydrogen (secondary N) is 1. The van der Waals surface area contributed by atoms with Gasteiger partial charge in [-0.15, -0.1) is 0 Å². The molecule has 2 atom stereocenters. The minimum Gasteiger partial charge on any atom is -0.481 e. The summed E-state index contributed by atoms with van der Waals surface area (Å²) in [5, 5.41) is 9.11. The van der Waals surface area contributed by atoms with E-state index in [1.54, 1.807) is 6.07 Å². The van der Waals surface area contributed by atoms with E-state index in [2.05, 4.69) is 14.9 Å². The predicted molar refractivity (Wildman–Crippen MR) is 115 cm³/mol. The van der Waals surface area contributed by atoms with Crippen LogP contribution in [0, 0.1) is 5.92 Å². The number of aromatic nitrogens is 2. The van der Waals surface area contributed by atoms with Crippen LogP contribution in [0.15, 0.2) is 30.6 Å². The van der Waals surface area contributed by atoms with E-state index < -0.39 is 23.9 Å². The van der Waals surface area contributed by atoms with Gasteiger partial charge in [0.05, 0.1) is 35.9 Å². The Kier molecular flexibility index (Phi) is 7.54. The number of halogens is 4. The van der Waals surface area contributed by atoms with Gasteiger partial charge in [0.2, 0.25) is 11.8 Å². The normalized spacial score (nSPS) is 18.2. The lowest BCUT2D eigenvalue weighted by atomic mass is 9.96. The van der Waals surface area contributed by atoms with E-state index in [0.29, 0.717) is 30.4 Å². The van der Waals surface area contributed by atoms with Crippen LogP contribution in [0.5, 0.6) is 11.8 Å². The minimum absolute atomic E-state index is 0.0300. The summed E-state index contributed by atoms with van der Waals surface area (Å²) in [6, 6.07) is 4.11. The molecule has 1 aliphatic heterocycles. The zero-order chi connectivity index (χ0) is 25.0. The van der Waals surface area contributed by atoms with Crippen molar-refractivity contribution in [1.29, 1.82) is 0 Å². The lowest BCUT2D eigenvalue weighted by molar-refractivity contribution is -0.171. The zero-order valence-corrected chi connectivity index (χ0v) is 18.8. The summed E-state index contributed by atoms with van der Waals surface area (Å²) >= 11 is 6.28. The molecule has 14 heteroatoms. The highest BCUT2D eigenvalue weighted by molar-refractivity contribution is 6.33. The molecule has 0 aromatic carbocycles. The maximum atomic E-state index is 12.8. The lowest BCUT2D eigenvalue weighted by Crippen LogP contribution is -2.51. The number of nitrogens with zero attached hydrogens (tertiary/aromatic N) is 4. The molecule has 2 aromatic rings. The number of hydrazine groups is 1. The van der Waals surface area contributed by atoms with Crippen LogP contribution in [0.3, 0.4) is 0 Å². The van der Waals surface area contributed by atoms with Crippen molar-refractivity contribution in [3.05, 3.63) is 35.6 Å². The Balaban J connectivity index is 1.68. The number of carboxylic acid groups (broad SMARTS) is 1. The standard InChI is InChI=1S/C20H21ClF3N5O5/c1-11-10-28(14-7-17(33-2)26-9-13(14)21)6-5-15(11)34-16-4-3-12(8-25-16)29(27-19(31)32)18(30)20(22,23)24/h3-4,7-9,11,15,27H,5-6,10H2,1-2H3,(H,31,32). The van der Waals surface area contributed by atoms with Gasteiger partial charge in [-0.3, -0.25) is 4.79 Å². The van der Waals surface area contributed by atoms with Crippen molar-refractivity contribution in [2.24, 2.45) is 5.92 Å². The molecule has 3 heterocycles. The number of alkyl halides is 3. The van der Waals surface area contributed by atoms with Crippen molar-refractivity contribution in [3.63, 3.8) is 0 Å². The largest absolute Gasteiger partial charge is 0.481 e. The summed E-state index contributed by atoms with van der Waals surface area (Å²) in [5.74, 6) is -1.82. The Bertz CT molecular complexity index is 1040. The monoisotopic (exact) mass is 503 g/mol. The number of carbonyl (C=O) groups excluding carboxylic acids is 1. The molecule has 1 fully saturated rings. The first-order chi connectivity index (χ1) is 16.0. The summed E-state index contributed by atoms with van der Waals surface area (Å²) in [6.45, 7) is 3.18. The van der Waals surface area contributed by atoms with E-state index in [0.717, 1.165) is 18.0 Å². The number of rotatable bonds is 5. The molecule has 1 aliphatic rings. The number of hydrogen-bond acceptors (Lipinski definition) is 7. The minimum atomic E-state index is -5.29. The molecule has 184 valence electrons. The van der Waals surface area contributed by atoms with Gasteiger partial charge < -0.3 is 19.5 Å². The molecule has 1 saturated heterocycles. The van der Waals surface area contributed by atoms with Crippen LogP contribution in [0.1, 0.15) is 13.3 Å². The van der Waals surface area contributed by atoms with E-state index in [1.807, 2.05) is 6.92 Å². The number of pyridine rings is 2. The van der Waals surface area contributed by atoms with E-state index in [4.69, 9.17) is 26.2 Å². The molecule has 2 aromatic heterocycles. The fourth-order valence-corrected chi connectivity index (χ4v) is 3.69. The van der Waals surface area contributed by atoms with Gasteiger partial charge in [0.15, 0.2) is 0 Å². The van der Waals surface area contributed by atoms with Crippen molar-refractivity contribution in [3.8, 4) is 11.8 Å². The molecule has 34 heavy (non-hydrogen) atoms. The van der Waals surface area contributed by atoms with Crippen LogP contribution in [0.4, 0.5) is 29.3 Å². The van der Waals surface area contributed by atoms with Crippen LogP contribution in [-0.2, 0) is 4.79 Å². The van der Waals surface area contributed by atoms with Crippen molar-refractivity contribution in [2.45, 2.75) is 25.6 Å². The highest BCUT2D eigenvalue weighted by Gasteiger charge is 2.44. The molecule has 2 N–H and O–H groups in total. The summed E-state index contributed by atoms with van der Waals surface area (Å²) in [4.78, 5) is 32.5. The number of hydrogen-bond donors (Lipinski definition) is 2. The van der Waals surface area contributed by atoms with Gasteiger partial charge in [0.25, 0.3) is 0 Å². The van der Waals surface area contributed by atoms with E-state index in [-0.39, 0.29) is 22.9 Å². The number of anilines is 2. The molecule has 0 saturated carbocycles. The van der Waals surface area contributed by atoms with Crippen LogP contribution in [0.25, 0.3) is 0 Å². The van der Waals surface area contributed by atoms with Gasteiger partial charge in [-0.05, 0) is 6.07 Å². The van der Waals surface area contributed by atoms with Crippen LogP contribution in [0.2, 0.25) is 5.02 Å². The van der Waals surface area contributed by atoms with Crippen molar-refractivity contribution < 1.29 is 37.3 Å². The first-order valence-corrected chi connectivity index (χ1v) is 10.4. The Labute approximate surface area is 197 Å². The zero-order valence-electron chi connectivity index (χ0n) is 18.0. The Morgan fingerprint density at radius 2 is 1.97 bits per heavy atom. The van der Waals surface area contributed by atoms with E-state index in [1.165, 1.54) is 24.8 Å². The second-order valence-electron chi connectivity index (χ2n) is 7.46. The van der Waals surface area contributed by atoms with E-state index >= 15 is 0 Å². The number of piperidine rings is 1. The smallest absolute Gasteiger partial charge is 0.473 e. The number of amides is 2. The summed E-state index contributed by atoms with van der Waals surface area (Å²) in [7, 11) is 1.51. The SMILES string of the molecule is COc1cc(N2CCC(Oc3ccc(N(NC(=O)O)C(=O)C(F)(F)F)cn3)C(C)C2)c(Cl)cn1. The van der Waals surface area contributed by atoms with E-state index in [9.17, 15) is 22.8 Å². The molecule has 10 nitrogen and oxygen atoms in total. The highest BCUT2D eigenvalue weighted by Crippen LogP contribution is 2.33. The van der Waals surface area contributed by atoms with Crippen LogP contribution < -0.4 is 24.8 Å². The molecule has 3 rings (SSSR count). The molecule has 0 aliphatic carbocycles. The first kappa shape index (κ1) is 25.1. The van der Waals surface area contributed by atoms with Crippen molar-refractivity contribution in [2.75, 3.05) is 30.1 Å². The molecule has 0 spiro atoms. The van der Waals surface area contributed by atoms with Gasteiger partial charge in [-0.25, -0.2) is 25.2 Å². The van der Waals surface area contributed by atoms with Crippen molar-refractivity contribution in [1.82, 2.24) is 15.4 Å². The topological polar surface area (TPSA) is 117 Å². The second-order valence-corrected chi connectivity index (χ2v) is 7.86. The van der Waals surface area contributed by atoms with Crippen LogP contribution >= 0.6 is 11.6 Å². The fraction of sp³-hybridized carbons (Fsp3) is 0.400. The Hall–Kier alpha value is -3.48. The summed E-state index contributed by atoms with van der Waals surface area (Å²) in [5.41, 5.74) is 1.78. The lowest BCUT2D eigenvalue weighted by Gasteiger charge is -2.38. The van der Waals surface area contributed by atoms with Gasteiger partial charge >= 0.3 is 18.2 Å². The first-order valence-electron chi connectivity index (χ1n) is 9.97. The number of methoxy groups -OCH3 is 1. The quantitative estimate of drug-likeness (QED) is 0.595. The molecule has 0 bridgehead atoms. The maximum absolute atomic E-state index is 12.8. The molecule has 2 unspecified atom stereocenters. The third kappa shape index (κ3) is 5.90. The highest BCUT2D eigenvalue weighted by atomic mass is 35.5. The summed E-state index contributed by atoms with van der Waals surface area (Å²) < 4.78 is 49.4. The average Bonchev–Trinajstić information content (AvgIpc) is 2.78. The number of ether oxygens (including phenoxy) is 2. The maximum Gasteiger partial charge on any atom is 0.473 e.